The van der Waals surface area contributed by atoms with Gasteiger partial charge in [-0.3, -0.25) is 0 Å². The molecule has 0 aliphatic heterocycles. The largest absolute Gasteiger partial charge is 0.494 e. The van der Waals surface area contributed by atoms with Crippen molar-refractivity contribution in [3.8, 4) is 5.88 Å². The summed E-state index contributed by atoms with van der Waals surface area (Å²) in [6.45, 7) is 0. The molecule has 0 aliphatic rings. The Balaban J connectivity index is 2.83. The number of aromatic hydroxyl groups is 1. The van der Waals surface area contributed by atoms with Gasteiger partial charge in [-0.05, 0) is 6.07 Å². The summed E-state index contributed by atoms with van der Waals surface area (Å²) in [5, 5.41) is 10.5. The number of benzene rings is 1. The Kier molecular flexibility index (Phi) is 2.11. The number of nitrogens with zero attached hydrogens (tertiary/aromatic N) is 1. The van der Waals surface area contributed by atoms with Crippen LogP contribution in [0.15, 0.2) is 24.3 Å². The summed E-state index contributed by atoms with van der Waals surface area (Å²) >= 11 is 0. The molecule has 0 aliphatic carbocycles. The van der Waals surface area contributed by atoms with Gasteiger partial charge in [0.25, 0.3) is 0 Å². The minimum atomic E-state index is -0.524. The van der Waals surface area contributed by atoms with E-state index in [1.807, 2.05) is 18.2 Å². The predicted molar refractivity (Wildman–Crippen MR) is 55.9 cm³/mol. The smallest absolute Gasteiger partial charge is 0.344 e. The molecule has 0 spiro atoms. The Morgan fingerprint density at radius 1 is 1.40 bits per heavy atom. The molecule has 0 amide bonds. The fraction of sp³-hybridized carbons (Fsp3) is 0.182. The number of hydrogen-bond acceptors (Lipinski definition) is 3. The average Bonchev–Trinajstić information content (AvgIpc) is 2.52. The maximum Gasteiger partial charge on any atom is 0.344 e. The first-order valence-electron chi connectivity index (χ1n) is 4.51. The van der Waals surface area contributed by atoms with Crippen LogP contribution < -0.4 is 0 Å². The van der Waals surface area contributed by atoms with Crippen molar-refractivity contribution in [1.82, 2.24) is 4.57 Å². The lowest BCUT2D eigenvalue weighted by Crippen LogP contribution is -2.00. The topological polar surface area (TPSA) is 51.5 Å². The Labute approximate surface area is 86.7 Å². The van der Waals surface area contributed by atoms with E-state index in [9.17, 15) is 9.90 Å². The molecule has 1 aromatic carbocycles. The number of methoxy groups -OCH3 is 1. The number of rotatable bonds is 1. The maximum atomic E-state index is 11.5. The molecule has 0 unspecified atom stereocenters. The second-order valence-electron chi connectivity index (χ2n) is 3.27. The molecule has 0 atom stereocenters. The summed E-state index contributed by atoms with van der Waals surface area (Å²) in [5.41, 5.74) is 1.02. The zero-order valence-electron chi connectivity index (χ0n) is 8.52. The molecule has 0 radical (unpaired) electrons. The fourth-order valence-electron chi connectivity index (χ4n) is 1.68. The van der Waals surface area contributed by atoms with Gasteiger partial charge >= 0.3 is 5.97 Å². The lowest BCUT2D eigenvalue weighted by Gasteiger charge is -1.98. The second kappa shape index (κ2) is 3.31. The van der Waals surface area contributed by atoms with Gasteiger partial charge in [-0.15, -0.1) is 0 Å². The SMILES string of the molecule is COC(=O)c1c(O)n(C)c2ccccc12. The molecule has 1 N–H and O–H groups in total. The van der Waals surface area contributed by atoms with Gasteiger partial charge in [0, 0.05) is 12.4 Å². The number of para-hydroxylation sites is 1. The van der Waals surface area contributed by atoms with Gasteiger partial charge in [0.15, 0.2) is 0 Å². The molecule has 1 aromatic heterocycles. The highest BCUT2D eigenvalue weighted by atomic mass is 16.5. The Hall–Kier alpha value is -1.97. The molecule has 4 nitrogen and oxygen atoms in total. The zero-order valence-corrected chi connectivity index (χ0v) is 8.52. The third kappa shape index (κ3) is 1.26. The third-order valence-electron chi connectivity index (χ3n) is 2.47. The van der Waals surface area contributed by atoms with Gasteiger partial charge in [-0.2, -0.15) is 0 Å². The van der Waals surface area contributed by atoms with Gasteiger partial charge in [0.1, 0.15) is 5.56 Å². The first-order chi connectivity index (χ1) is 7.16. The van der Waals surface area contributed by atoms with Gasteiger partial charge in [-0.25, -0.2) is 4.79 Å². The minimum absolute atomic E-state index is 0.0666. The van der Waals surface area contributed by atoms with Crippen molar-refractivity contribution in [3.63, 3.8) is 0 Å². The van der Waals surface area contributed by atoms with Crippen molar-refractivity contribution in [2.75, 3.05) is 7.11 Å². The fourth-order valence-corrected chi connectivity index (χ4v) is 1.68. The molecular weight excluding hydrogens is 194 g/mol. The van der Waals surface area contributed by atoms with Crippen LogP contribution in [0.3, 0.4) is 0 Å². The molecule has 2 aromatic rings. The van der Waals surface area contributed by atoms with E-state index >= 15 is 0 Å². The van der Waals surface area contributed by atoms with Crippen molar-refractivity contribution in [2.24, 2.45) is 7.05 Å². The van der Waals surface area contributed by atoms with Gasteiger partial charge < -0.3 is 14.4 Å². The highest BCUT2D eigenvalue weighted by molar-refractivity contribution is 6.07. The molecule has 0 bridgehead atoms. The van der Waals surface area contributed by atoms with Crippen molar-refractivity contribution in [3.05, 3.63) is 29.8 Å². The van der Waals surface area contributed by atoms with Crippen LogP contribution in [0.5, 0.6) is 5.88 Å². The highest BCUT2D eigenvalue weighted by Crippen LogP contribution is 2.30. The highest BCUT2D eigenvalue weighted by Gasteiger charge is 2.20. The molecule has 1 heterocycles. The number of aromatic nitrogens is 1. The molecule has 78 valence electrons. The molecular formula is C11H11NO3. The van der Waals surface area contributed by atoms with E-state index in [0.717, 1.165) is 5.52 Å². The van der Waals surface area contributed by atoms with Gasteiger partial charge in [-0.1, -0.05) is 18.2 Å². The number of esters is 1. The summed E-state index contributed by atoms with van der Waals surface area (Å²) < 4.78 is 6.18. The summed E-state index contributed by atoms with van der Waals surface area (Å²) in [7, 11) is 2.99. The number of aryl methyl sites for hydroxylation is 1. The van der Waals surface area contributed by atoms with Crippen LogP contribution in [-0.4, -0.2) is 22.8 Å². The van der Waals surface area contributed by atoms with Crippen LogP contribution in [0.4, 0.5) is 0 Å². The van der Waals surface area contributed by atoms with Crippen LogP contribution in [0.25, 0.3) is 10.9 Å². The van der Waals surface area contributed by atoms with E-state index in [4.69, 9.17) is 0 Å². The second-order valence-corrected chi connectivity index (χ2v) is 3.27. The third-order valence-corrected chi connectivity index (χ3v) is 2.47. The van der Waals surface area contributed by atoms with E-state index in [2.05, 4.69) is 4.74 Å². The van der Waals surface area contributed by atoms with Crippen LogP contribution in [0.2, 0.25) is 0 Å². The summed E-state index contributed by atoms with van der Waals surface area (Å²) in [5.74, 6) is -0.590. The van der Waals surface area contributed by atoms with Crippen molar-refractivity contribution in [2.45, 2.75) is 0 Å². The van der Waals surface area contributed by atoms with E-state index in [1.54, 1.807) is 17.7 Å². The molecule has 0 saturated heterocycles. The molecule has 4 heteroatoms. The van der Waals surface area contributed by atoms with E-state index in [1.165, 1.54) is 7.11 Å². The van der Waals surface area contributed by atoms with E-state index in [0.29, 0.717) is 5.39 Å². The van der Waals surface area contributed by atoms with Crippen LogP contribution >= 0.6 is 0 Å². The maximum absolute atomic E-state index is 11.5. The minimum Gasteiger partial charge on any atom is -0.494 e. The molecule has 0 fully saturated rings. The van der Waals surface area contributed by atoms with Crippen molar-refractivity contribution >= 4 is 16.9 Å². The monoisotopic (exact) mass is 205 g/mol. The standard InChI is InChI=1S/C11H11NO3/c1-12-8-6-4-3-5-7(8)9(10(12)13)11(14)15-2/h3-6,13H,1-2H3. The first-order valence-corrected chi connectivity index (χ1v) is 4.51. The number of ether oxygens (including phenoxy) is 1. The normalized spacial score (nSPS) is 10.5. The van der Waals surface area contributed by atoms with Gasteiger partial charge in [0.2, 0.25) is 5.88 Å². The Morgan fingerprint density at radius 3 is 2.73 bits per heavy atom. The number of carbonyl (C=O) groups excluding carboxylic acids is 1. The van der Waals surface area contributed by atoms with Crippen LogP contribution in [-0.2, 0) is 11.8 Å². The summed E-state index contributed by atoms with van der Waals surface area (Å²) in [6.07, 6.45) is 0. The van der Waals surface area contributed by atoms with E-state index < -0.39 is 5.97 Å². The first kappa shape index (κ1) is 9.58. The Morgan fingerprint density at radius 2 is 2.07 bits per heavy atom. The molecule has 15 heavy (non-hydrogen) atoms. The summed E-state index contributed by atoms with van der Waals surface area (Å²) in [4.78, 5) is 11.5. The lowest BCUT2D eigenvalue weighted by molar-refractivity contribution is 0.0599. The Bertz CT molecular complexity index is 528. The number of carbonyl (C=O) groups is 1. The number of hydrogen-bond donors (Lipinski definition) is 1. The molecule has 0 saturated carbocycles. The van der Waals surface area contributed by atoms with Gasteiger partial charge in [0.05, 0.1) is 12.6 Å². The van der Waals surface area contributed by atoms with Crippen molar-refractivity contribution in [1.29, 1.82) is 0 Å². The predicted octanol–water partition coefficient (Wildman–Crippen LogP) is 1.67. The quantitative estimate of drug-likeness (QED) is 0.720. The number of fused-ring (bicyclic) bond motifs is 1. The van der Waals surface area contributed by atoms with Crippen LogP contribution in [0, 0.1) is 0 Å². The zero-order chi connectivity index (χ0) is 11.0. The lowest BCUT2D eigenvalue weighted by atomic mass is 10.2. The molecule has 2 rings (SSSR count). The average molecular weight is 205 g/mol. The van der Waals surface area contributed by atoms with E-state index in [-0.39, 0.29) is 11.4 Å². The van der Waals surface area contributed by atoms with Crippen molar-refractivity contribution < 1.29 is 14.6 Å². The summed E-state index contributed by atoms with van der Waals surface area (Å²) in [6, 6.07) is 7.28. The van der Waals surface area contributed by atoms with Crippen LogP contribution in [0.1, 0.15) is 10.4 Å².